The number of nitrogens with one attached hydrogen (secondary N) is 1. The summed E-state index contributed by atoms with van der Waals surface area (Å²) in [4.78, 5) is 66.5. The lowest BCUT2D eigenvalue weighted by Crippen LogP contribution is -2.50. The van der Waals surface area contributed by atoms with Gasteiger partial charge in [0.1, 0.15) is 12.1 Å². The van der Waals surface area contributed by atoms with Crippen molar-refractivity contribution in [2.75, 3.05) is 39.8 Å². The lowest BCUT2D eigenvalue weighted by atomic mass is 9.77. The van der Waals surface area contributed by atoms with Crippen molar-refractivity contribution in [3.8, 4) is 0 Å². The number of carbonyl (C=O) groups excluding carboxylic acids is 5. The molecule has 1 N–H and O–H groups in total. The number of esters is 1. The number of hydrogen-bond acceptors (Lipinski definition) is 6. The van der Waals surface area contributed by atoms with Gasteiger partial charge in [0, 0.05) is 20.1 Å². The first kappa shape index (κ1) is 24.0. The molecule has 10 heteroatoms. The Hall–Kier alpha value is -2.65. The van der Waals surface area contributed by atoms with Crippen LogP contribution in [0.4, 0.5) is 4.79 Å². The Morgan fingerprint density at radius 1 is 1.19 bits per heavy atom. The molecular weight excluding hydrogens is 416 g/mol. The van der Waals surface area contributed by atoms with Crippen LogP contribution in [0, 0.1) is 11.8 Å². The van der Waals surface area contributed by atoms with Crippen molar-refractivity contribution < 1.29 is 28.7 Å². The van der Waals surface area contributed by atoms with E-state index in [1.54, 1.807) is 11.8 Å². The summed E-state index contributed by atoms with van der Waals surface area (Å²) in [7, 11) is 1.48. The van der Waals surface area contributed by atoms with Gasteiger partial charge < -0.3 is 19.9 Å². The van der Waals surface area contributed by atoms with Gasteiger partial charge in [-0.05, 0) is 51.4 Å². The molecule has 3 fully saturated rings. The van der Waals surface area contributed by atoms with Crippen LogP contribution in [0.2, 0.25) is 0 Å². The van der Waals surface area contributed by atoms with Crippen molar-refractivity contribution >= 4 is 29.7 Å². The minimum atomic E-state index is -0.895. The number of piperidine rings is 1. The maximum Gasteiger partial charge on any atom is 0.325 e. The number of ether oxygens (including phenoxy) is 1. The van der Waals surface area contributed by atoms with Gasteiger partial charge in [-0.2, -0.15) is 0 Å². The first-order valence-electron chi connectivity index (χ1n) is 11.5. The molecule has 1 atom stereocenters. The molecule has 3 aliphatic rings. The van der Waals surface area contributed by atoms with Crippen molar-refractivity contribution in [2.45, 2.75) is 57.9 Å². The number of imide groups is 1. The number of amides is 5. The predicted octanol–water partition coefficient (Wildman–Crippen LogP) is 0.747. The Morgan fingerprint density at radius 3 is 2.53 bits per heavy atom. The number of rotatable bonds is 6. The summed E-state index contributed by atoms with van der Waals surface area (Å²) >= 11 is 0. The summed E-state index contributed by atoms with van der Waals surface area (Å²) in [6, 6.07) is -0.550. The number of carbonyl (C=O) groups is 5. The van der Waals surface area contributed by atoms with Crippen LogP contribution >= 0.6 is 0 Å². The average molecular weight is 451 g/mol. The minimum absolute atomic E-state index is 0.180. The smallest absolute Gasteiger partial charge is 0.325 e. The highest BCUT2D eigenvalue weighted by molar-refractivity contribution is 6.09. The summed E-state index contributed by atoms with van der Waals surface area (Å²) in [6.45, 7) is 4.38. The van der Waals surface area contributed by atoms with E-state index in [0.29, 0.717) is 44.8 Å². The van der Waals surface area contributed by atoms with E-state index < -0.39 is 24.0 Å². The van der Waals surface area contributed by atoms with Crippen LogP contribution in [-0.4, -0.2) is 89.8 Å². The van der Waals surface area contributed by atoms with E-state index in [0.717, 1.165) is 17.7 Å². The normalized spacial score (nSPS) is 28.0. The van der Waals surface area contributed by atoms with Crippen molar-refractivity contribution in [1.29, 1.82) is 0 Å². The van der Waals surface area contributed by atoms with Gasteiger partial charge in [-0.25, -0.2) is 4.79 Å². The Kier molecular flexibility index (Phi) is 7.40. The molecule has 0 radical (unpaired) electrons. The summed E-state index contributed by atoms with van der Waals surface area (Å²) in [6.07, 6.45) is 4.22. The summed E-state index contributed by atoms with van der Waals surface area (Å²) in [5, 5.41) is 2.80. The Labute approximate surface area is 188 Å². The molecule has 5 amide bonds. The summed E-state index contributed by atoms with van der Waals surface area (Å²) in [5.74, 6) is -1.26. The van der Waals surface area contributed by atoms with Gasteiger partial charge in [0.25, 0.3) is 5.91 Å². The van der Waals surface area contributed by atoms with Gasteiger partial charge >= 0.3 is 12.0 Å². The molecule has 1 spiro atoms. The third kappa shape index (κ3) is 5.05. The van der Waals surface area contributed by atoms with Gasteiger partial charge in [-0.3, -0.25) is 24.1 Å². The van der Waals surface area contributed by atoms with E-state index in [4.69, 9.17) is 4.74 Å². The predicted molar refractivity (Wildman–Crippen MR) is 114 cm³/mol. The Morgan fingerprint density at radius 2 is 1.88 bits per heavy atom. The number of likely N-dealkylation sites (tertiary alicyclic amines) is 1. The SMILES string of the molecule is CCOC(=O)C1CCCN(C(=O)CN(C)C(=O)CN2C(=O)NC3(CCC(C)CC3)C2=O)C1. The first-order valence-corrected chi connectivity index (χ1v) is 11.5. The minimum Gasteiger partial charge on any atom is -0.466 e. The largest absolute Gasteiger partial charge is 0.466 e. The second-order valence-corrected chi connectivity index (χ2v) is 9.27. The molecule has 178 valence electrons. The maximum atomic E-state index is 12.9. The molecule has 1 saturated carbocycles. The summed E-state index contributed by atoms with van der Waals surface area (Å²) < 4.78 is 5.06. The van der Waals surface area contributed by atoms with Crippen LogP contribution in [-0.2, 0) is 23.9 Å². The van der Waals surface area contributed by atoms with E-state index in [1.807, 2.05) is 0 Å². The highest BCUT2D eigenvalue weighted by Gasteiger charge is 2.52. The number of likely N-dealkylation sites (N-methyl/N-ethyl adjacent to an activating group) is 1. The molecule has 0 aromatic carbocycles. The van der Waals surface area contributed by atoms with E-state index in [2.05, 4.69) is 12.2 Å². The molecule has 3 rings (SSSR count). The van der Waals surface area contributed by atoms with Crippen molar-refractivity contribution in [1.82, 2.24) is 20.0 Å². The molecule has 2 aliphatic heterocycles. The van der Waals surface area contributed by atoms with Crippen molar-refractivity contribution in [3.63, 3.8) is 0 Å². The molecule has 1 aliphatic carbocycles. The van der Waals surface area contributed by atoms with E-state index in [1.165, 1.54) is 11.9 Å². The fourth-order valence-electron chi connectivity index (χ4n) is 4.72. The number of nitrogens with zero attached hydrogens (tertiary/aromatic N) is 3. The standard InChI is InChI=1S/C22H34N4O6/c1-4-32-19(29)16-6-5-11-25(12-16)18(28)13-24(3)17(27)14-26-20(30)22(23-21(26)31)9-7-15(2)8-10-22/h15-16H,4-14H2,1-3H3,(H,23,31). The summed E-state index contributed by atoms with van der Waals surface area (Å²) in [5.41, 5.74) is -0.895. The number of hydrogen-bond donors (Lipinski definition) is 1. The maximum absolute atomic E-state index is 12.9. The highest BCUT2D eigenvalue weighted by Crippen LogP contribution is 2.36. The monoisotopic (exact) mass is 450 g/mol. The third-order valence-electron chi connectivity index (χ3n) is 6.86. The first-order chi connectivity index (χ1) is 15.2. The van der Waals surface area contributed by atoms with Gasteiger partial charge in [-0.15, -0.1) is 0 Å². The quantitative estimate of drug-likeness (QED) is 0.471. The van der Waals surface area contributed by atoms with E-state index >= 15 is 0 Å². The lowest BCUT2D eigenvalue weighted by Gasteiger charge is -2.33. The van der Waals surface area contributed by atoms with Crippen LogP contribution < -0.4 is 5.32 Å². The molecule has 10 nitrogen and oxygen atoms in total. The molecular formula is C22H34N4O6. The second-order valence-electron chi connectivity index (χ2n) is 9.27. The number of urea groups is 1. The molecule has 0 bridgehead atoms. The van der Waals surface area contributed by atoms with Gasteiger partial charge in [0.15, 0.2) is 0 Å². The Bertz CT molecular complexity index is 776. The fraction of sp³-hybridized carbons (Fsp3) is 0.773. The third-order valence-corrected chi connectivity index (χ3v) is 6.86. The van der Waals surface area contributed by atoms with Crippen LogP contribution in [0.1, 0.15) is 52.4 Å². The topological polar surface area (TPSA) is 116 Å². The second kappa shape index (κ2) is 9.87. The van der Waals surface area contributed by atoms with Crippen LogP contribution in [0.25, 0.3) is 0 Å². The van der Waals surface area contributed by atoms with Crippen molar-refractivity contribution in [2.24, 2.45) is 11.8 Å². The average Bonchev–Trinajstić information content (AvgIpc) is 3.00. The highest BCUT2D eigenvalue weighted by atomic mass is 16.5. The zero-order valence-electron chi connectivity index (χ0n) is 19.2. The molecule has 0 aromatic rings. The molecule has 2 saturated heterocycles. The van der Waals surface area contributed by atoms with Crippen LogP contribution in [0.5, 0.6) is 0 Å². The van der Waals surface area contributed by atoms with Gasteiger partial charge in [0.2, 0.25) is 11.8 Å². The van der Waals surface area contributed by atoms with Gasteiger partial charge in [-0.1, -0.05) is 6.92 Å². The lowest BCUT2D eigenvalue weighted by molar-refractivity contribution is -0.152. The van der Waals surface area contributed by atoms with Crippen molar-refractivity contribution in [3.05, 3.63) is 0 Å². The molecule has 2 heterocycles. The zero-order chi connectivity index (χ0) is 23.5. The molecule has 0 aromatic heterocycles. The molecule has 1 unspecified atom stereocenters. The van der Waals surface area contributed by atoms with Crippen LogP contribution in [0.15, 0.2) is 0 Å². The zero-order valence-corrected chi connectivity index (χ0v) is 19.2. The van der Waals surface area contributed by atoms with Gasteiger partial charge in [0.05, 0.1) is 19.1 Å². The van der Waals surface area contributed by atoms with E-state index in [9.17, 15) is 24.0 Å². The fourth-order valence-corrected chi connectivity index (χ4v) is 4.72. The Balaban J connectivity index is 1.53. The molecule has 32 heavy (non-hydrogen) atoms. The van der Waals surface area contributed by atoms with Crippen LogP contribution in [0.3, 0.4) is 0 Å². The van der Waals surface area contributed by atoms with E-state index in [-0.39, 0.29) is 36.8 Å².